The number of ketones is 1. The van der Waals surface area contributed by atoms with Gasteiger partial charge < -0.3 is 4.74 Å². The third-order valence-electron chi connectivity index (χ3n) is 9.39. The summed E-state index contributed by atoms with van der Waals surface area (Å²) < 4.78 is 5.42. The molecular formula is C40H78O3. The van der Waals surface area contributed by atoms with Crippen molar-refractivity contribution in [2.45, 2.75) is 239 Å². The van der Waals surface area contributed by atoms with E-state index in [0.29, 0.717) is 5.78 Å². The molecule has 3 heteroatoms. The lowest BCUT2D eigenvalue weighted by Crippen LogP contribution is -2.15. The molecular weight excluding hydrogens is 528 g/mol. The maximum Gasteiger partial charge on any atom is 0.302 e. The van der Waals surface area contributed by atoms with Gasteiger partial charge in [-0.15, -0.1) is 0 Å². The second kappa shape index (κ2) is 34.0. The fraction of sp³-hybridized carbons (Fsp3) is 0.950. The highest BCUT2D eigenvalue weighted by Crippen LogP contribution is 2.19. The highest BCUT2D eigenvalue weighted by Gasteiger charge is 2.10. The monoisotopic (exact) mass is 607 g/mol. The molecule has 0 saturated heterocycles. The van der Waals surface area contributed by atoms with Crippen LogP contribution in [0.4, 0.5) is 0 Å². The van der Waals surface area contributed by atoms with E-state index in [1.807, 2.05) is 0 Å². The van der Waals surface area contributed by atoms with Crippen LogP contribution in [0.5, 0.6) is 0 Å². The van der Waals surface area contributed by atoms with Crippen molar-refractivity contribution in [2.75, 3.05) is 0 Å². The molecule has 256 valence electrons. The third kappa shape index (κ3) is 33.9. The molecule has 0 amide bonds. The highest BCUT2D eigenvalue weighted by molar-refractivity contribution is 5.78. The smallest absolute Gasteiger partial charge is 0.302 e. The van der Waals surface area contributed by atoms with E-state index in [2.05, 4.69) is 20.8 Å². The second-order valence-electron chi connectivity index (χ2n) is 14.0. The zero-order valence-electron chi connectivity index (χ0n) is 30.0. The first-order valence-electron chi connectivity index (χ1n) is 19.7. The molecule has 0 aliphatic carbocycles. The van der Waals surface area contributed by atoms with Crippen LogP contribution >= 0.6 is 0 Å². The van der Waals surface area contributed by atoms with Crippen molar-refractivity contribution in [1.29, 1.82) is 0 Å². The molecule has 0 rings (SSSR count). The van der Waals surface area contributed by atoms with Gasteiger partial charge in [-0.1, -0.05) is 181 Å². The van der Waals surface area contributed by atoms with Gasteiger partial charge in [-0.3, -0.25) is 9.59 Å². The van der Waals surface area contributed by atoms with Crippen LogP contribution in [0.3, 0.4) is 0 Å². The molecule has 0 aromatic rings. The first kappa shape index (κ1) is 42.1. The average Bonchev–Trinajstić information content (AvgIpc) is 2.98. The second-order valence-corrected chi connectivity index (χ2v) is 14.0. The van der Waals surface area contributed by atoms with Crippen molar-refractivity contribution >= 4 is 11.8 Å². The Balaban J connectivity index is 3.23. The Kier molecular flexibility index (Phi) is 33.3. The van der Waals surface area contributed by atoms with Gasteiger partial charge in [-0.05, 0) is 38.0 Å². The van der Waals surface area contributed by atoms with E-state index in [1.165, 1.54) is 161 Å². The maximum absolute atomic E-state index is 11.8. The SMILES string of the molecule is CCCCC(=O)CCC(C)CCCCCCCCCCCCCCCCCCCCCCCCCC(CCC)OC(C)=O. The summed E-state index contributed by atoms with van der Waals surface area (Å²) in [4.78, 5) is 23.0. The molecule has 0 saturated carbocycles. The lowest BCUT2D eigenvalue weighted by atomic mass is 9.95. The van der Waals surface area contributed by atoms with Gasteiger partial charge in [-0.2, -0.15) is 0 Å². The van der Waals surface area contributed by atoms with E-state index in [0.717, 1.165) is 57.3 Å². The van der Waals surface area contributed by atoms with Gasteiger partial charge in [0.1, 0.15) is 11.9 Å². The lowest BCUT2D eigenvalue weighted by Gasteiger charge is -2.15. The predicted octanol–water partition coefficient (Wildman–Crippen LogP) is 13.6. The molecule has 43 heavy (non-hydrogen) atoms. The fourth-order valence-electron chi connectivity index (χ4n) is 6.45. The van der Waals surface area contributed by atoms with Gasteiger partial charge in [-0.25, -0.2) is 0 Å². The number of unbranched alkanes of at least 4 members (excludes halogenated alkanes) is 23. The molecule has 0 aliphatic heterocycles. The Bertz CT molecular complexity index is 586. The molecule has 0 aliphatic rings. The molecule has 3 nitrogen and oxygen atoms in total. The van der Waals surface area contributed by atoms with Crippen LogP contribution in [0.1, 0.15) is 233 Å². The summed E-state index contributed by atoms with van der Waals surface area (Å²) in [6, 6.07) is 0. The minimum absolute atomic E-state index is 0.126. The van der Waals surface area contributed by atoms with Gasteiger partial charge in [0.15, 0.2) is 0 Å². The molecule has 0 bridgehead atoms. The fourth-order valence-corrected chi connectivity index (χ4v) is 6.45. The number of ether oxygens (including phenoxy) is 1. The van der Waals surface area contributed by atoms with E-state index in [9.17, 15) is 9.59 Å². The Morgan fingerprint density at radius 2 is 0.814 bits per heavy atom. The van der Waals surface area contributed by atoms with E-state index >= 15 is 0 Å². The van der Waals surface area contributed by atoms with Crippen molar-refractivity contribution in [2.24, 2.45) is 5.92 Å². The minimum atomic E-state index is -0.126. The van der Waals surface area contributed by atoms with E-state index < -0.39 is 0 Å². The summed E-state index contributed by atoms with van der Waals surface area (Å²) in [7, 11) is 0. The van der Waals surface area contributed by atoms with Crippen LogP contribution in [-0.2, 0) is 14.3 Å². The highest BCUT2D eigenvalue weighted by atomic mass is 16.5. The quantitative estimate of drug-likeness (QED) is 0.0532. The summed E-state index contributed by atoms with van der Waals surface area (Å²) >= 11 is 0. The minimum Gasteiger partial charge on any atom is -0.463 e. The Labute approximate surface area is 270 Å². The maximum atomic E-state index is 11.8. The van der Waals surface area contributed by atoms with Crippen molar-refractivity contribution in [3.63, 3.8) is 0 Å². The average molecular weight is 607 g/mol. The first-order valence-corrected chi connectivity index (χ1v) is 19.7. The molecule has 2 unspecified atom stereocenters. The summed E-state index contributed by atoms with van der Waals surface area (Å²) in [6.45, 7) is 8.19. The largest absolute Gasteiger partial charge is 0.463 e. The van der Waals surface area contributed by atoms with Crippen molar-refractivity contribution in [1.82, 2.24) is 0 Å². The van der Waals surface area contributed by atoms with Crippen molar-refractivity contribution < 1.29 is 14.3 Å². The van der Waals surface area contributed by atoms with E-state index in [1.54, 1.807) is 0 Å². The molecule has 0 radical (unpaired) electrons. The van der Waals surface area contributed by atoms with Crippen LogP contribution in [0.15, 0.2) is 0 Å². The Hall–Kier alpha value is -0.860. The number of esters is 1. The normalized spacial score (nSPS) is 12.8. The molecule has 0 heterocycles. The van der Waals surface area contributed by atoms with E-state index in [4.69, 9.17) is 4.74 Å². The Morgan fingerprint density at radius 3 is 1.16 bits per heavy atom. The molecule has 0 aromatic heterocycles. The standard InChI is InChI=1S/C40H78O3/c1-5-7-33-39(42)36-35-37(3)32-29-27-25-23-21-19-17-15-13-11-9-8-10-12-14-16-18-20-22-24-26-28-30-34-40(31-6-2)43-38(4)41/h37,40H,5-36H2,1-4H3. The molecule has 0 fully saturated rings. The van der Waals surface area contributed by atoms with Crippen molar-refractivity contribution in [3.8, 4) is 0 Å². The number of hydrogen-bond donors (Lipinski definition) is 0. The van der Waals surface area contributed by atoms with Crippen molar-refractivity contribution in [3.05, 3.63) is 0 Å². The number of carbonyl (C=O) groups is 2. The van der Waals surface area contributed by atoms with Crippen LogP contribution in [0, 0.1) is 5.92 Å². The van der Waals surface area contributed by atoms with Gasteiger partial charge in [0.05, 0.1) is 0 Å². The lowest BCUT2D eigenvalue weighted by molar-refractivity contribution is -0.147. The number of hydrogen-bond acceptors (Lipinski definition) is 3. The molecule has 0 aromatic carbocycles. The van der Waals surface area contributed by atoms with E-state index in [-0.39, 0.29) is 12.1 Å². The topological polar surface area (TPSA) is 43.4 Å². The summed E-state index contributed by atoms with van der Waals surface area (Å²) in [6.07, 6.45) is 41.8. The zero-order chi connectivity index (χ0) is 31.6. The van der Waals surface area contributed by atoms with Crippen LogP contribution in [0.25, 0.3) is 0 Å². The first-order chi connectivity index (χ1) is 21.0. The third-order valence-corrected chi connectivity index (χ3v) is 9.39. The molecule has 0 spiro atoms. The van der Waals surface area contributed by atoms with Gasteiger partial charge >= 0.3 is 5.97 Å². The number of carbonyl (C=O) groups excluding carboxylic acids is 2. The summed E-state index contributed by atoms with van der Waals surface area (Å²) in [5, 5.41) is 0. The molecule has 2 atom stereocenters. The van der Waals surface area contributed by atoms with Crippen LogP contribution in [0.2, 0.25) is 0 Å². The predicted molar refractivity (Wildman–Crippen MR) is 189 cm³/mol. The Morgan fingerprint density at radius 1 is 0.442 bits per heavy atom. The number of rotatable bonds is 35. The van der Waals surface area contributed by atoms with Gasteiger partial charge in [0.25, 0.3) is 0 Å². The zero-order valence-corrected chi connectivity index (χ0v) is 30.0. The summed E-state index contributed by atoms with van der Waals surface area (Å²) in [5.41, 5.74) is 0. The van der Waals surface area contributed by atoms with Gasteiger partial charge in [0.2, 0.25) is 0 Å². The van der Waals surface area contributed by atoms with Gasteiger partial charge in [0, 0.05) is 19.8 Å². The molecule has 0 N–H and O–H groups in total. The summed E-state index contributed by atoms with van der Waals surface area (Å²) in [5.74, 6) is 1.08. The van der Waals surface area contributed by atoms with Crippen LogP contribution < -0.4 is 0 Å². The van der Waals surface area contributed by atoms with Crippen LogP contribution in [-0.4, -0.2) is 17.9 Å². The number of Topliss-reactive ketones (excluding diaryl/α,β-unsaturated/α-hetero) is 1.